The van der Waals surface area contributed by atoms with Crippen LogP contribution in [0, 0.1) is 5.92 Å². The largest absolute Gasteiger partial charge is 0.490 e. The van der Waals surface area contributed by atoms with E-state index in [1.54, 1.807) is 25.1 Å². The number of carbonyl (C=O) groups is 2. The first-order valence-corrected chi connectivity index (χ1v) is 11.2. The van der Waals surface area contributed by atoms with Gasteiger partial charge in [0.05, 0.1) is 18.1 Å². The van der Waals surface area contributed by atoms with Crippen molar-refractivity contribution in [3.63, 3.8) is 0 Å². The zero-order valence-electron chi connectivity index (χ0n) is 18.1. The Morgan fingerprint density at radius 3 is 2.38 bits per heavy atom. The second-order valence-electron chi connectivity index (χ2n) is 7.28. The number of para-hydroxylation sites is 2. The van der Waals surface area contributed by atoms with Crippen LogP contribution < -0.4 is 14.8 Å². The molecule has 0 bridgehead atoms. The number of benzene rings is 2. The molecule has 1 heterocycles. The summed E-state index contributed by atoms with van der Waals surface area (Å²) < 4.78 is 16.5. The molecule has 1 fully saturated rings. The van der Waals surface area contributed by atoms with Gasteiger partial charge >= 0.3 is 5.97 Å². The highest BCUT2D eigenvalue weighted by Gasteiger charge is 2.27. The molecule has 170 valence electrons. The Morgan fingerprint density at radius 2 is 1.66 bits per heavy atom. The molecule has 2 aromatic rings. The number of thiocarbonyl (C=S) groups is 1. The lowest BCUT2D eigenvalue weighted by Gasteiger charge is -2.32. The van der Waals surface area contributed by atoms with Crippen LogP contribution in [0.5, 0.6) is 11.5 Å². The Kier molecular flexibility index (Phi) is 8.86. The molecule has 0 aromatic heterocycles. The fourth-order valence-corrected chi connectivity index (χ4v) is 3.71. The second kappa shape index (κ2) is 12.0. The van der Waals surface area contributed by atoms with Gasteiger partial charge in [0.2, 0.25) is 0 Å². The highest BCUT2D eigenvalue weighted by atomic mass is 32.1. The SMILES string of the molecule is CCOC(=O)C1CCN(C(=S)NC(=O)c2ccccc2OCCOc2ccccc2)CC1. The summed E-state index contributed by atoms with van der Waals surface area (Å²) in [4.78, 5) is 26.6. The number of esters is 1. The predicted molar refractivity (Wildman–Crippen MR) is 125 cm³/mol. The molecular formula is C24H28N2O5S. The normalized spacial score (nSPS) is 13.8. The van der Waals surface area contributed by atoms with Crippen LogP contribution in [-0.4, -0.2) is 54.8 Å². The van der Waals surface area contributed by atoms with Crippen LogP contribution in [0.3, 0.4) is 0 Å². The van der Waals surface area contributed by atoms with Crippen LogP contribution >= 0.6 is 12.2 Å². The first-order chi connectivity index (χ1) is 15.6. The average molecular weight is 457 g/mol. The van der Waals surface area contributed by atoms with E-state index in [2.05, 4.69) is 5.32 Å². The molecule has 0 spiro atoms. The van der Waals surface area contributed by atoms with E-state index in [1.165, 1.54) is 0 Å². The maximum Gasteiger partial charge on any atom is 0.309 e. The van der Waals surface area contributed by atoms with Crippen molar-refractivity contribution in [3.8, 4) is 11.5 Å². The summed E-state index contributed by atoms with van der Waals surface area (Å²) in [6.07, 6.45) is 1.30. The molecule has 7 nitrogen and oxygen atoms in total. The molecule has 0 aliphatic carbocycles. The van der Waals surface area contributed by atoms with Crippen molar-refractivity contribution in [3.05, 3.63) is 60.2 Å². The molecule has 2 aromatic carbocycles. The Labute approximate surface area is 193 Å². The zero-order valence-corrected chi connectivity index (χ0v) is 18.9. The number of amides is 1. The monoisotopic (exact) mass is 456 g/mol. The van der Waals surface area contributed by atoms with Gasteiger partial charge in [-0.3, -0.25) is 14.9 Å². The summed E-state index contributed by atoms with van der Waals surface area (Å²) in [5.74, 6) is 0.619. The fraction of sp³-hybridized carbons (Fsp3) is 0.375. The molecular weight excluding hydrogens is 428 g/mol. The Balaban J connectivity index is 1.48. The van der Waals surface area contributed by atoms with Crippen LogP contribution in [0.1, 0.15) is 30.1 Å². The molecule has 0 radical (unpaired) electrons. The number of likely N-dealkylation sites (tertiary alicyclic amines) is 1. The number of hydrogen-bond donors (Lipinski definition) is 1. The second-order valence-corrected chi connectivity index (χ2v) is 7.67. The summed E-state index contributed by atoms with van der Waals surface area (Å²) in [5.41, 5.74) is 0.399. The number of nitrogens with zero attached hydrogens (tertiary/aromatic N) is 1. The number of rotatable bonds is 8. The summed E-state index contributed by atoms with van der Waals surface area (Å²) in [6, 6.07) is 16.5. The van der Waals surface area contributed by atoms with E-state index in [9.17, 15) is 9.59 Å². The fourth-order valence-electron chi connectivity index (χ4n) is 3.43. The number of ether oxygens (including phenoxy) is 3. The number of carbonyl (C=O) groups excluding carboxylic acids is 2. The van der Waals surface area contributed by atoms with Crippen molar-refractivity contribution in [2.75, 3.05) is 32.9 Å². The van der Waals surface area contributed by atoms with Gasteiger partial charge in [0.15, 0.2) is 5.11 Å². The van der Waals surface area contributed by atoms with Gasteiger partial charge in [-0.25, -0.2) is 0 Å². The molecule has 8 heteroatoms. The summed E-state index contributed by atoms with van der Waals surface area (Å²) in [6.45, 7) is 4.02. The van der Waals surface area contributed by atoms with Crippen molar-refractivity contribution in [2.24, 2.45) is 5.92 Å². The van der Waals surface area contributed by atoms with Crippen molar-refractivity contribution >= 4 is 29.2 Å². The lowest BCUT2D eigenvalue weighted by molar-refractivity contribution is -0.149. The van der Waals surface area contributed by atoms with Gasteiger partial charge in [0.1, 0.15) is 24.7 Å². The number of hydrogen-bond acceptors (Lipinski definition) is 6. The number of nitrogens with one attached hydrogen (secondary N) is 1. The molecule has 32 heavy (non-hydrogen) atoms. The van der Waals surface area contributed by atoms with Crippen molar-refractivity contribution in [1.29, 1.82) is 0 Å². The van der Waals surface area contributed by atoms with Gasteiger partial charge in [-0.1, -0.05) is 30.3 Å². The van der Waals surface area contributed by atoms with E-state index >= 15 is 0 Å². The Morgan fingerprint density at radius 1 is 1.00 bits per heavy atom. The first-order valence-electron chi connectivity index (χ1n) is 10.7. The molecule has 0 atom stereocenters. The van der Waals surface area contributed by atoms with Crippen molar-refractivity contribution in [1.82, 2.24) is 10.2 Å². The molecule has 1 saturated heterocycles. The van der Waals surface area contributed by atoms with E-state index in [1.807, 2.05) is 41.3 Å². The van der Waals surface area contributed by atoms with E-state index in [4.69, 9.17) is 26.4 Å². The summed E-state index contributed by atoms with van der Waals surface area (Å²) >= 11 is 5.43. The quantitative estimate of drug-likeness (QED) is 0.370. The minimum absolute atomic E-state index is 0.114. The van der Waals surface area contributed by atoms with Crippen molar-refractivity contribution < 1.29 is 23.8 Å². The van der Waals surface area contributed by atoms with Gasteiger partial charge in [-0.15, -0.1) is 0 Å². The van der Waals surface area contributed by atoms with E-state index < -0.39 is 0 Å². The molecule has 3 rings (SSSR count). The molecule has 1 aliphatic heterocycles. The minimum atomic E-state index is -0.331. The topological polar surface area (TPSA) is 77.1 Å². The third-order valence-electron chi connectivity index (χ3n) is 5.11. The predicted octanol–water partition coefficient (Wildman–Crippen LogP) is 3.43. The smallest absolute Gasteiger partial charge is 0.309 e. The van der Waals surface area contributed by atoms with E-state index in [-0.39, 0.29) is 17.8 Å². The standard InChI is InChI=1S/C24H28N2O5S/c1-2-29-23(28)18-12-14-26(15-13-18)24(32)25-22(27)20-10-6-7-11-21(20)31-17-16-30-19-8-4-3-5-9-19/h3-11,18H,2,12-17H2,1H3,(H,25,27,32). The molecule has 0 saturated carbocycles. The maximum absolute atomic E-state index is 12.8. The molecule has 1 amide bonds. The number of piperidine rings is 1. The van der Waals surface area contributed by atoms with Gasteiger partial charge in [0.25, 0.3) is 5.91 Å². The lowest BCUT2D eigenvalue weighted by atomic mass is 9.97. The van der Waals surface area contributed by atoms with E-state index in [0.29, 0.717) is 62.2 Å². The highest BCUT2D eigenvalue weighted by molar-refractivity contribution is 7.80. The van der Waals surface area contributed by atoms with E-state index in [0.717, 1.165) is 5.75 Å². The summed E-state index contributed by atoms with van der Waals surface area (Å²) in [5, 5.41) is 3.13. The summed E-state index contributed by atoms with van der Waals surface area (Å²) in [7, 11) is 0. The Hall–Kier alpha value is -3.13. The molecule has 1 N–H and O–H groups in total. The first kappa shape index (κ1) is 23.5. The zero-order chi connectivity index (χ0) is 22.8. The molecule has 1 aliphatic rings. The van der Waals surface area contributed by atoms with Crippen LogP contribution in [-0.2, 0) is 9.53 Å². The third-order valence-corrected chi connectivity index (χ3v) is 5.47. The van der Waals surface area contributed by atoms with Crippen LogP contribution in [0.15, 0.2) is 54.6 Å². The maximum atomic E-state index is 12.8. The van der Waals surface area contributed by atoms with Gasteiger partial charge in [-0.2, -0.15) is 0 Å². The van der Waals surface area contributed by atoms with Crippen LogP contribution in [0.4, 0.5) is 0 Å². The van der Waals surface area contributed by atoms with Gasteiger partial charge in [-0.05, 0) is 56.2 Å². The van der Waals surface area contributed by atoms with Crippen LogP contribution in [0.25, 0.3) is 0 Å². The van der Waals surface area contributed by atoms with Crippen molar-refractivity contribution in [2.45, 2.75) is 19.8 Å². The van der Waals surface area contributed by atoms with Crippen LogP contribution in [0.2, 0.25) is 0 Å². The lowest BCUT2D eigenvalue weighted by Crippen LogP contribution is -2.47. The average Bonchev–Trinajstić information content (AvgIpc) is 2.83. The Bertz CT molecular complexity index is 914. The molecule has 0 unspecified atom stereocenters. The minimum Gasteiger partial charge on any atom is -0.490 e. The van der Waals surface area contributed by atoms with Gasteiger partial charge < -0.3 is 19.1 Å². The third kappa shape index (κ3) is 6.68. The highest BCUT2D eigenvalue weighted by Crippen LogP contribution is 2.20. The van der Waals surface area contributed by atoms with Gasteiger partial charge in [0, 0.05) is 13.1 Å².